The second-order valence-corrected chi connectivity index (χ2v) is 6.34. The predicted molar refractivity (Wildman–Crippen MR) is 76.0 cm³/mol. The summed E-state index contributed by atoms with van der Waals surface area (Å²) in [5.74, 6) is 0.284. The van der Waals surface area contributed by atoms with E-state index in [9.17, 15) is 13.2 Å². The van der Waals surface area contributed by atoms with Crippen molar-refractivity contribution in [2.24, 2.45) is 0 Å². The van der Waals surface area contributed by atoms with Crippen LogP contribution in [0.2, 0.25) is 0 Å². The van der Waals surface area contributed by atoms with E-state index < -0.39 is 9.84 Å². The topological polar surface area (TPSA) is 60.4 Å². The van der Waals surface area contributed by atoms with Crippen molar-refractivity contribution in [1.29, 1.82) is 0 Å². The highest BCUT2D eigenvalue weighted by molar-refractivity contribution is 7.90. The zero-order chi connectivity index (χ0) is 14.8. The molecule has 2 aromatic carbocycles. The van der Waals surface area contributed by atoms with Crippen molar-refractivity contribution in [3.8, 4) is 5.75 Å². The van der Waals surface area contributed by atoms with Crippen LogP contribution in [0.3, 0.4) is 0 Å². The van der Waals surface area contributed by atoms with E-state index in [0.29, 0.717) is 16.9 Å². The van der Waals surface area contributed by atoms with E-state index in [-0.39, 0.29) is 10.7 Å². The maximum Gasteiger partial charge on any atom is 0.196 e. The highest BCUT2D eigenvalue weighted by Crippen LogP contribution is 2.21. The highest BCUT2D eigenvalue weighted by atomic mass is 32.2. The van der Waals surface area contributed by atoms with Gasteiger partial charge in [-0.2, -0.15) is 0 Å². The molecule has 2 rings (SSSR count). The van der Waals surface area contributed by atoms with Crippen molar-refractivity contribution in [2.75, 3.05) is 13.4 Å². The van der Waals surface area contributed by atoms with Crippen LogP contribution in [0, 0.1) is 0 Å². The Kier molecular flexibility index (Phi) is 3.90. The Balaban J connectivity index is 2.39. The van der Waals surface area contributed by atoms with Gasteiger partial charge in [-0.15, -0.1) is 0 Å². The molecule has 0 aliphatic carbocycles. The minimum atomic E-state index is -3.26. The summed E-state index contributed by atoms with van der Waals surface area (Å²) in [5, 5.41) is 0. The fourth-order valence-corrected chi connectivity index (χ4v) is 2.47. The van der Waals surface area contributed by atoms with Gasteiger partial charge in [0.15, 0.2) is 15.6 Å². The molecule has 2 aromatic rings. The summed E-state index contributed by atoms with van der Waals surface area (Å²) in [6.07, 6.45) is 1.13. The summed E-state index contributed by atoms with van der Waals surface area (Å²) < 4.78 is 27.9. The zero-order valence-corrected chi connectivity index (χ0v) is 12.0. The molecule has 0 saturated carbocycles. The van der Waals surface area contributed by atoms with Gasteiger partial charge in [0.2, 0.25) is 0 Å². The Morgan fingerprint density at radius 2 is 1.60 bits per heavy atom. The fraction of sp³-hybridized carbons (Fsp3) is 0.133. The Morgan fingerprint density at radius 1 is 1.00 bits per heavy atom. The Hall–Kier alpha value is -2.14. The van der Waals surface area contributed by atoms with Gasteiger partial charge in [-0.05, 0) is 36.4 Å². The lowest BCUT2D eigenvalue weighted by Crippen LogP contribution is -2.04. The van der Waals surface area contributed by atoms with E-state index >= 15 is 0 Å². The summed E-state index contributed by atoms with van der Waals surface area (Å²) in [7, 11) is -1.76. The van der Waals surface area contributed by atoms with Crippen LogP contribution >= 0.6 is 0 Å². The maximum absolute atomic E-state index is 12.4. The third kappa shape index (κ3) is 2.88. The molecule has 0 fully saturated rings. The van der Waals surface area contributed by atoms with Crippen LogP contribution in [0.15, 0.2) is 53.4 Å². The summed E-state index contributed by atoms with van der Waals surface area (Å²) in [5.41, 5.74) is 0.865. The molecule has 0 bridgehead atoms. The smallest absolute Gasteiger partial charge is 0.196 e. The summed E-state index contributed by atoms with van der Waals surface area (Å²) in [6, 6.07) is 12.8. The number of benzene rings is 2. The minimum absolute atomic E-state index is 0.189. The number of ether oxygens (including phenoxy) is 1. The molecule has 0 aliphatic rings. The normalized spacial score (nSPS) is 11.1. The van der Waals surface area contributed by atoms with Gasteiger partial charge in [0.05, 0.1) is 17.6 Å². The first kappa shape index (κ1) is 14.3. The number of para-hydroxylation sites is 1. The van der Waals surface area contributed by atoms with Gasteiger partial charge >= 0.3 is 0 Å². The lowest BCUT2D eigenvalue weighted by molar-refractivity contribution is 0.103. The molecule has 4 nitrogen and oxygen atoms in total. The molecular weight excluding hydrogens is 276 g/mol. The molecule has 104 valence electrons. The number of methoxy groups -OCH3 is 1. The number of sulfone groups is 1. The SMILES string of the molecule is COc1ccccc1C(=O)c1ccc(S(C)(=O)=O)cc1. The summed E-state index contributed by atoms with van der Waals surface area (Å²) >= 11 is 0. The van der Waals surface area contributed by atoms with Gasteiger partial charge in [-0.1, -0.05) is 12.1 Å². The number of hydrogen-bond acceptors (Lipinski definition) is 4. The zero-order valence-electron chi connectivity index (χ0n) is 11.2. The minimum Gasteiger partial charge on any atom is -0.496 e. The lowest BCUT2D eigenvalue weighted by atomic mass is 10.0. The quantitative estimate of drug-likeness (QED) is 0.811. The third-order valence-electron chi connectivity index (χ3n) is 2.90. The molecule has 0 unspecified atom stereocenters. The van der Waals surface area contributed by atoms with Gasteiger partial charge in [0.25, 0.3) is 0 Å². The van der Waals surface area contributed by atoms with E-state index in [0.717, 1.165) is 6.26 Å². The van der Waals surface area contributed by atoms with Crippen molar-refractivity contribution in [2.45, 2.75) is 4.90 Å². The van der Waals surface area contributed by atoms with Crippen LogP contribution in [-0.4, -0.2) is 27.6 Å². The van der Waals surface area contributed by atoms with Gasteiger partial charge < -0.3 is 4.74 Å². The van der Waals surface area contributed by atoms with Crippen LogP contribution in [0.1, 0.15) is 15.9 Å². The van der Waals surface area contributed by atoms with E-state index in [1.165, 1.54) is 31.4 Å². The van der Waals surface area contributed by atoms with Gasteiger partial charge in [0.1, 0.15) is 5.75 Å². The molecule has 0 N–H and O–H groups in total. The second-order valence-electron chi connectivity index (χ2n) is 4.33. The van der Waals surface area contributed by atoms with E-state index in [1.54, 1.807) is 24.3 Å². The van der Waals surface area contributed by atoms with Gasteiger partial charge in [-0.25, -0.2) is 8.42 Å². The van der Waals surface area contributed by atoms with Crippen molar-refractivity contribution in [1.82, 2.24) is 0 Å². The van der Waals surface area contributed by atoms with Crippen molar-refractivity contribution < 1.29 is 17.9 Å². The largest absolute Gasteiger partial charge is 0.496 e. The number of ketones is 1. The average Bonchev–Trinajstić information content (AvgIpc) is 2.45. The molecular formula is C15H14O4S. The van der Waals surface area contributed by atoms with E-state index in [1.807, 2.05) is 0 Å². The number of carbonyl (C=O) groups excluding carboxylic acids is 1. The lowest BCUT2D eigenvalue weighted by Gasteiger charge is -2.07. The molecule has 0 amide bonds. The molecule has 0 atom stereocenters. The van der Waals surface area contributed by atoms with Crippen LogP contribution in [-0.2, 0) is 9.84 Å². The van der Waals surface area contributed by atoms with Crippen molar-refractivity contribution >= 4 is 15.6 Å². The fourth-order valence-electron chi connectivity index (χ4n) is 1.84. The first-order chi connectivity index (χ1) is 9.43. The van der Waals surface area contributed by atoms with Gasteiger partial charge in [-0.3, -0.25) is 4.79 Å². The standard InChI is InChI=1S/C15H14O4S/c1-19-14-6-4-3-5-13(14)15(16)11-7-9-12(10-8-11)20(2,17)18/h3-10H,1-2H3. The monoisotopic (exact) mass is 290 g/mol. The van der Waals surface area contributed by atoms with Crippen LogP contribution in [0.5, 0.6) is 5.75 Å². The van der Waals surface area contributed by atoms with Gasteiger partial charge in [0, 0.05) is 11.8 Å². The summed E-state index contributed by atoms with van der Waals surface area (Å²) in [4.78, 5) is 12.5. The Morgan fingerprint density at radius 3 is 2.15 bits per heavy atom. The molecule has 20 heavy (non-hydrogen) atoms. The van der Waals surface area contributed by atoms with Crippen molar-refractivity contribution in [3.63, 3.8) is 0 Å². The third-order valence-corrected chi connectivity index (χ3v) is 4.02. The second kappa shape index (κ2) is 5.46. The predicted octanol–water partition coefficient (Wildman–Crippen LogP) is 2.33. The molecule has 0 heterocycles. The number of hydrogen-bond donors (Lipinski definition) is 0. The molecule has 5 heteroatoms. The molecule has 0 aromatic heterocycles. The average molecular weight is 290 g/mol. The molecule has 0 spiro atoms. The highest BCUT2D eigenvalue weighted by Gasteiger charge is 2.15. The first-order valence-corrected chi connectivity index (χ1v) is 7.80. The van der Waals surface area contributed by atoms with E-state index in [4.69, 9.17) is 4.74 Å². The molecule has 0 saturated heterocycles. The van der Waals surface area contributed by atoms with Crippen LogP contribution in [0.4, 0.5) is 0 Å². The molecule has 0 radical (unpaired) electrons. The first-order valence-electron chi connectivity index (χ1n) is 5.91. The Labute approximate surface area is 117 Å². The van der Waals surface area contributed by atoms with Crippen LogP contribution in [0.25, 0.3) is 0 Å². The maximum atomic E-state index is 12.4. The Bertz CT molecular complexity index is 731. The van der Waals surface area contributed by atoms with E-state index in [2.05, 4.69) is 0 Å². The molecule has 0 aliphatic heterocycles. The van der Waals surface area contributed by atoms with Crippen molar-refractivity contribution in [3.05, 3.63) is 59.7 Å². The van der Waals surface area contributed by atoms with Crippen LogP contribution < -0.4 is 4.74 Å². The number of rotatable bonds is 4. The summed E-state index contributed by atoms with van der Waals surface area (Å²) in [6.45, 7) is 0. The number of carbonyl (C=O) groups is 1.